The molecule has 0 saturated carbocycles. The van der Waals surface area contributed by atoms with Gasteiger partial charge in [-0.15, -0.1) is 0 Å². The lowest BCUT2D eigenvalue weighted by Gasteiger charge is -2.10. The van der Waals surface area contributed by atoms with Crippen LogP contribution in [0.4, 0.5) is 0 Å². The lowest BCUT2D eigenvalue weighted by Crippen LogP contribution is -2.13. The number of aliphatic hydroxyl groups is 1. The molecule has 1 aromatic rings. The van der Waals surface area contributed by atoms with Crippen LogP contribution >= 0.6 is 15.9 Å². The molecule has 0 radical (unpaired) electrons. The van der Waals surface area contributed by atoms with Crippen LogP contribution in [0, 0.1) is 6.92 Å². The van der Waals surface area contributed by atoms with Crippen molar-refractivity contribution < 1.29 is 5.11 Å². The van der Waals surface area contributed by atoms with Crippen LogP contribution in [0.25, 0.3) is 0 Å². The summed E-state index contributed by atoms with van der Waals surface area (Å²) in [4.78, 5) is 0. The minimum absolute atomic E-state index is 0.254. The Morgan fingerprint density at radius 3 is 2.67 bits per heavy atom. The number of halogens is 1. The average Bonchev–Trinajstić information content (AvgIpc) is 2.42. The molecule has 1 aromatic heterocycles. The molecule has 1 atom stereocenters. The summed E-state index contributed by atoms with van der Waals surface area (Å²) in [5.41, 5.74) is 2.06. The van der Waals surface area contributed by atoms with Gasteiger partial charge in [-0.3, -0.25) is 4.68 Å². The van der Waals surface area contributed by atoms with Gasteiger partial charge in [0.1, 0.15) is 0 Å². The summed E-state index contributed by atoms with van der Waals surface area (Å²) >= 11 is 3.50. The SMILES string of the molecule is CCCCC(O)Cc1c(Br)c(C)nn1C. The fourth-order valence-electron chi connectivity index (χ4n) is 1.67. The van der Waals surface area contributed by atoms with Crippen LogP contribution in [-0.2, 0) is 13.5 Å². The summed E-state index contributed by atoms with van der Waals surface area (Å²) in [5.74, 6) is 0. The second kappa shape index (κ2) is 5.66. The van der Waals surface area contributed by atoms with Gasteiger partial charge in [-0.05, 0) is 29.3 Å². The number of aryl methyl sites for hydroxylation is 2. The van der Waals surface area contributed by atoms with Gasteiger partial charge >= 0.3 is 0 Å². The van der Waals surface area contributed by atoms with Gasteiger partial charge in [-0.2, -0.15) is 5.10 Å². The van der Waals surface area contributed by atoms with Crippen molar-refractivity contribution in [1.82, 2.24) is 9.78 Å². The Hall–Kier alpha value is -0.350. The van der Waals surface area contributed by atoms with Crippen LogP contribution in [0.15, 0.2) is 4.47 Å². The second-order valence-electron chi connectivity index (χ2n) is 3.97. The van der Waals surface area contributed by atoms with E-state index in [4.69, 9.17) is 0 Å². The zero-order valence-corrected chi connectivity index (χ0v) is 11.2. The van der Waals surface area contributed by atoms with Crippen molar-refractivity contribution in [1.29, 1.82) is 0 Å². The Labute approximate surface area is 99.6 Å². The van der Waals surface area contributed by atoms with Gasteiger partial charge < -0.3 is 5.11 Å². The summed E-state index contributed by atoms with van der Waals surface area (Å²) in [6.07, 6.45) is 3.50. The number of aromatic nitrogens is 2. The summed E-state index contributed by atoms with van der Waals surface area (Å²) in [6, 6.07) is 0. The highest BCUT2D eigenvalue weighted by atomic mass is 79.9. The van der Waals surface area contributed by atoms with Crippen molar-refractivity contribution in [2.45, 2.75) is 45.6 Å². The van der Waals surface area contributed by atoms with Gasteiger partial charge in [0.05, 0.1) is 22.0 Å². The van der Waals surface area contributed by atoms with E-state index in [1.807, 2.05) is 18.7 Å². The Bertz CT molecular complexity index is 323. The fraction of sp³-hybridized carbons (Fsp3) is 0.727. The maximum Gasteiger partial charge on any atom is 0.0738 e. The molecule has 3 nitrogen and oxygen atoms in total. The quantitative estimate of drug-likeness (QED) is 0.897. The molecular weight excluding hydrogens is 256 g/mol. The van der Waals surface area contributed by atoms with Crippen molar-refractivity contribution in [2.75, 3.05) is 0 Å². The standard InChI is InChI=1S/C11H19BrN2O/c1-4-5-6-9(15)7-10-11(12)8(2)13-14(10)3/h9,15H,4-7H2,1-3H3. The first-order valence-corrected chi connectivity index (χ1v) is 6.21. The molecule has 0 fully saturated rings. The molecule has 0 bridgehead atoms. The topological polar surface area (TPSA) is 38.1 Å². The van der Waals surface area contributed by atoms with Crippen molar-refractivity contribution in [3.63, 3.8) is 0 Å². The van der Waals surface area contributed by atoms with E-state index in [0.717, 1.165) is 35.1 Å². The number of hydrogen-bond donors (Lipinski definition) is 1. The normalized spacial score (nSPS) is 13.1. The minimum atomic E-state index is -0.254. The highest BCUT2D eigenvalue weighted by molar-refractivity contribution is 9.10. The van der Waals surface area contributed by atoms with Crippen molar-refractivity contribution in [3.8, 4) is 0 Å². The van der Waals surface area contributed by atoms with Crippen LogP contribution in [0.2, 0.25) is 0 Å². The van der Waals surface area contributed by atoms with Gasteiger partial charge in [-0.1, -0.05) is 19.8 Å². The largest absolute Gasteiger partial charge is 0.393 e. The van der Waals surface area contributed by atoms with Crippen LogP contribution in [0.5, 0.6) is 0 Å². The Kier molecular flexibility index (Phi) is 4.80. The van der Waals surface area contributed by atoms with Gasteiger partial charge in [0, 0.05) is 13.5 Å². The van der Waals surface area contributed by atoms with Crippen molar-refractivity contribution in [2.24, 2.45) is 7.05 Å². The van der Waals surface area contributed by atoms with E-state index < -0.39 is 0 Å². The summed E-state index contributed by atoms with van der Waals surface area (Å²) in [5, 5.41) is 14.1. The number of unbranched alkanes of at least 4 members (excludes halogenated alkanes) is 1. The van der Waals surface area contributed by atoms with Crippen LogP contribution in [0.3, 0.4) is 0 Å². The Balaban J connectivity index is 2.63. The molecule has 1 rings (SSSR count). The molecule has 0 amide bonds. The highest BCUT2D eigenvalue weighted by Crippen LogP contribution is 2.22. The summed E-state index contributed by atoms with van der Waals surface area (Å²) in [6.45, 7) is 4.10. The number of aliphatic hydroxyl groups excluding tert-OH is 1. The predicted molar refractivity (Wildman–Crippen MR) is 64.9 cm³/mol. The third kappa shape index (κ3) is 3.31. The predicted octanol–water partition coefficient (Wildman–Crippen LogP) is 2.58. The van der Waals surface area contributed by atoms with Crippen molar-refractivity contribution in [3.05, 3.63) is 15.9 Å². The molecule has 1 heterocycles. The van der Waals surface area contributed by atoms with Gasteiger partial charge in [0.15, 0.2) is 0 Å². The summed E-state index contributed by atoms with van der Waals surface area (Å²) in [7, 11) is 1.92. The molecule has 1 unspecified atom stereocenters. The first-order valence-electron chi connectivity index (χ1n) is 5.42. The third-order valence-corrected chi connectivity index (χ3v) is 3.61. The maximum absolute atomic E-state index is 9.83. The van der Waals surface area contributed by atoms with Gasteiger partial charge in [0.25, 0.3) is 0 Å². The molecule has 4 heteroatoms. The molecule has 0 spiro atoms. The molecule has 0 aliphatic heterocycles. The monoisotopic (exact) mass is 274 g/mol. The average molecular weight is 275 g/mol. The lowest BCUT2D eigenvalue weighted by molar-refractivity contribution is 0.159. The molecule has 86 valence electrons. The molecular formula is C11H19BrN2O. The van der Waals surface area contributed by atoms with Gasteiger partial charge in [0.2, 0.25) is 0 Å². The summed E-state index contributed by atoms with van der Waals surface area (Å²) < 4.78 is 2.87. The molecule has 0 aliphatic carbocycles. The molecule has 0 aromatic carbocycles. The lowest BCUT2D eigenvalue weighted by atomic mass is 10.1. The zero-order valence-electron chi connectivity index (χ0n) is 9.63. The molecule has 15 heavy (non-hydrogen) atoms. The Morgan fingerprint density at radius 1 is 1.53 bits per heavy atom. The van der Waals surface area contributed by atoms with Crippen molar-refractivity contribution >= 4 is 15.9 Å². The fourth-order valence-corrected chi connectivity index (χ4v) is 2.16. The maximum atomic E-state index is 9.83. The van der Waals surface area contributed by atoms with Crippen LogP contribution < -0.4 is 0 Å². The van der Waals surface area contributed by atoms with E-state index >= 15 is 0 Å². The van der Waals surface area contributed by atoms with Gasteiger partial charge in [-0.25, -0.2) is 0 Å². The first kappa shape index (κ1) is 12.7. The third-order valence-electron chi connectivity index (χ3n) is 2.58. The number of rotatable bonds is 5. The zero-order chi connectivity index (χ0) is 11.4. The molecule has 1 N–H and O–H groups in total. The number of nitrogens with zero attached hydrogens (tertiary/aromatic N) is 2. The van der Waals surface area contributed by atoms with E-state index in [-0.39, 0.29) is 6.10 Å². The van der Waals surface area contributed by atoms with E-state index in [1.165, 1.54) is 0 Å². The van der Waals surface area contributed by atoms with Crippen LogP contribution in [0.1, 0.15) is 37.6 Å². The molecule has 0 saturated heterocycles. The second-order valence-corrected chi connectivity index (χ2v) is 4.76. The van der Waals surface area contributed by atoms with E-state index in [1.54, 1.807) is 0 Å². The van der Waals surface area contributed by atoms with E-state index in [9.17, 15) is 5.11 Å². The van der Waals surface area contributed by atoms with E-state index in [0.29, 0.717) is 6.42 Å². The van der Waals surface area contributed by atoms with E-state index in [2.05, 4.69) is 28.0 Å². The highest BCUT2D eigenvalue weighted by Gasteiger charge is 2.14. The number of hydrogen-bond acceptors (Lipinski definition) is 2. The minimum Gasteiger partial charge on any atom is -0.393 e. The molecule has 0 aliphatic rings. The first-order chi connectivity index (χ1) is 7.06. The Morgan fingerprint density at radius 2 is 2.20 bits per heavy atom. The van der Waals surface area contributed by atoms with Crippen LogP contribution in [-0.4, -0.2) is 21.0 Å². The smallest absolute Gasteiger partial charge is 0.0738 e.